The van der Waals surface area contributed by atoms with Crippen molar-refractivity contribution in [3.05, 3.63) is 0 Å². The number of hydrogen-bond donors (Lipinski definition) is 2. The number of nitrogens with two attached hydrogens (primary N) is 1. The molecule has 0 aliphatic heterocycles. The number of likely N-dealkylation sites (N-methyl/N-ethyl adjacent to an activating group) is 1. The van der Waals surface area contributed by atoms with E-state index in [4.69, 9.17) is 5.73 Å². The fourth-order valence-electron chi connectivity index (χ4n) is 1.24. The first kappa shape index (κ1) is 14.4. The lowest BCUT2D eigenvalue weighted by Gasteiger charge is -2.27. The Balaban J connectivity index is 4.01. The van der Waals surface area contributed by atoms with E-state index in [1.165, 1.54) is 0 Å². The number of hydrogen-bond acceptors (Lipinski definition) is 3. The van der Waals surface area contributed by atoms with Gasteiger partial charge in [0.25, 0.3) is 0 Å². The molecule has 90 valence electrons. The molecule has 0 heterocycles. The molecule has 0 atom stereocenters. The van der Waals surface area contributed by atoms with Gasteiger partial charge in [0.2, 0.25) is 5.91 Å². The Morgan fingerprint density at radius 3 is 2.40 bits per heavy atom. The second kappa shape index (κ2) is 6.80. The van der Waals surface area contributed by atoms with Crippen LogP contribution in [0.1, 0.15) is 34.1 Å². The Morgan fingerprint density at radius 2 is 2.00 bits per heavy atom. The molecular formula is C11H25N3O. The zero-order valence-electron chi connectivity index (χ0n) is 10.5. The van der Waals surface area contributed by atoms with E-state index in [0.29, 0.717) is 13.1 Å². The molecule has 0 aromatic carbocycles. The van der Waals surface area contributed by atoms with Crippen molar-refractivity contribution < 1.29 is 4.79 Å². The molecule has 0 radical (unpaired) electrons. The average Bonchev–Trinajstić information content (AvgIpc) is 2.16. The van der Waals surface area contributed by atoms with Crippen LogP contribution in [-0.4, -0.2) is 42.5 Å². The zero-order valence-corrected chi connectivity index (χ0v) is 10.5. The van der Waals surface area contributed by atoms with Gasteiger partial charge >= 0.3 is 0 Å². The highest BCUT2D eigenvalue weighted by Crippen LogP contribution is 2.06. The van der Waals surface area contributed by atoms with Gasteiger partial charge in [-0.25, -0.2) is 0 Å². The molecule has 0 unspecified atom stereocenters. The Hall–Kier alpha value is -0.610. The average molecular weight is 215 g/mol. The van der Waals surface area contributed by atoms with E-state index in [-0.39, 0.29) is 11.4 Å². The largest absolute Gasteiger partial charge is 0.350 e. The molecule has 1 amide bonds. The van der Waals surface area contributed by atoms with Crippen LogP contribution in [0.15, 0.2) is 0 Å². The maximum absolute atomic E-state index is 11.7. The molecule has 3 N–H and O–H groups in total. The predicted molar refractivity (Wildman–Crippen MR) is 63.7 cm³/mol. The van der Waals surface area contributed by atoms with Crippen LogP contribution < -0.4 is 11.1 Å². The minimum Gasteiger partial charge on any atom is -0.350 e. The quantitative estimate of drug-likeness (QED) is 0.653. The van der Waals surface area contributed by atoms with Gasteiger partial charge in [0.15, 0.2) is 0 Å². The molecule has 0 aliphatic carbocycles. The van der Waals surface area contributed by atoms with Crippen LogP contribution in [0.2, 0.25) is 0 Å². The fraction of sp³-hybridized carbons (Fsp3) is 0.909. The van der Waals surface area contributed by atoms with Gasteiger partial charge in [-0.05, 0) is 26.8 Å². The van der Waals surface area contributed by atoms with Crippen molar-refractivity contribution in [3.8, 4) is 0 Å². The summed E-state index contributed by atoms with van der Waals surface area (Å²) < 4.78 is 0. The molecule has 0 saturated heterocycles. The van der Waals surface area contributed by atoms with Crippen molar-refractivity contribution >= 4 is 5.91 Å². The van der Waals surface area contributed by atoms with Crippen molar-refractivity contribution in [1.82, 2.24) is 10.2 Å². The third kappa shape index (κ3) is 6.47. The number of rotatable bonds is 7. The minimum atomic E-state index is -0.112. The second-order valence-corrected chi connectivity index (χ2v) is 4.44. The lowest BCUT2D eigenvalue weighted by molar-refractivity contribution is -0.123. The monoisotopic (exact) mass is 215 g/mol. The summed E-state index contributed by atoms with van der Waals surface area (Å²) in [5, 5.41) is 3.01. The van der Waals surface area contributed by atoms with Gasteiger partial charge in [0.05, 0.1) is 6.54 Å². The Morgan fingerprint density at radius 1 is 1.40 bits per heavy atom. The smallest absolute Gasteiger partial charge is 0.234 e. The topological polar surface area (TPSA) is 58.4 Å². The molecular weight excluding hydrogens is 190 g/mol. The summed E-state index contributed by atoms with van der Waals surface area (Å²) >= 11 is 0. The summed E-state index contributed by atoms with van der Waals surface area (Å²) in [5.41, 5.74) is 5.35. The maximum atomic E-state index is 11.7. The second-order valence-electron chi connectivity index (χ2n) is 4.44. The summed E-state index contributed by atoms with van der Waals surface area (Å²) in [6.07, 6.45) is 0.932. The lowest BCUT2D eigenvalue weighted by atomic mass is 10.0. The number of nitrogens with zero attached hydrogens (tertiary/aromatic N) is 1. The molecule has 0 spiro atoms. The number of carbonyl (C=O) groups is 1. The third-order valence-corrected chi connectivity index (χ3v) is 2.62. The zero-order chi connectivity index (χ0) is 11.9. The summed E-state index contributed by atoms with van der Waals surface area (Å²) in [6.45, 7) is 10.8. The SMILES string of the molecule is CCN(CCN)CC(=O)NC(C)(C)CC. The van der Waals surface area contributed by atoms with E-state index in [0.717, 1.165) is 19.5 Å². The Bertz CT molecular complexity index is 192. The van der Waals surface area contributed by atoms with Gasteiger partial charge in [-0.3, -0.25) is 9.69 Å². The van der Waals surface area contributed by atoms with Crippen molar-refractivity contribution in [2.24, 2.45) is 5.73 Å². The standard InChI is InChI=1S/C11H25N3O/c1-5-11(3,4)13-10(15)9-14(6-2)8-7-12/h5-9,12H2,1-4H3,(H,13,15). The Kier molecular flexibility index (Phi) is 6.52. The highest BCUT2D eigenvalue weighted by atomic mass is 16.2. The van der Waals surface area contributed by atoms with Crippen molar-refractivity contribution in [2.45, 2.75) is 39.7 Å². The Labute approximate surface area is 93.2 Å². The molecule has 4 nitrogen and oxygen atoms in total. The van der Waals surface area contributed by atoms with E-state index in [2.05, 4.69) is 12.2 Å². The first-order valence-corrected chi connectivity index (χ1v) is 5.68. The van der Waals surface area contributed by atoms with Crippen LogP contribution in [0.25, 0.3) is 0 Å². The number of amides is 1. The van der Waals surface area contributed by atoms with Crippen LogP contribution in [0.3, 0.4) is 0 Å². The normalized spacial score (nSPS) is 11.9. The summed E-state index contributed by atoms with van der Waals surface area (Å²) in [7, 11) is 0. The van der Waals surface area contributed by atoms with E-state index in [1.807, 2.05) is 25.7 Å². The van der Waals surface area contributed by atoms with E-state index in [9.17, 15) is 4.79 Å². The molecule has 4 heteroatoms. The van der Waals surface area contributed by atoms with E-state index >= 15 is 0 Å². The minimum absolute atomic E-state index is 0.0807. The van der Waals surface area contributed by atoms with Gasteiger partial charge in [0.1, 0.15) is 0 Å². The van der Waals surface area contributed by atoms with Gasteiger partial charge < -0.3 is 11.1 Å². The highest BCUT2D eigenvalue weighted by Gasteiger charge is 2.18. The van der Waals surface area contributed by atoms with Gasteiger partial charge in [-0.15, -0.1) is 0 Å². The fourth-order valence-corrected chi connectivity index (χ4v) is 1.24. The number of carbonyl (C=O) groups excluding carboxylic acids is 1. The molecule has 0 rings (SSSR count). The van der Waals surface area contributed by atoms with E-state index < -0.39 is 0 Å². The van der Waals surface area contributed by atoms with Gasteiger partial charge in [0, 0.05) is 18.6 Å². The van der Waals surface area contributed by atoms with Crippen LogP contribution in [0.4, 0.5) is 0 Å². The molecule has 15 heavy (non-hydrogen) atoms. The third-order valence-electron chi connectivity index (χ3n) is 2.62. The molecule has 0 aromatic heterocycles. The summed E-state index contributed by atoms with van der Waals surface area (Å²) in [5.74, 6) is 0.0807. The first-order valence-electron chi connectivity index (χ1n) is 5.68. The predicted octanol–water partition coefficient (Wildman–Crippen LogP) is 0.572. The first-order chi connectivity index (χ1) is 6.95. The highest BCUT2D eigenvalue weighted by molar-refractivity contribution is 5.78. The summed E-state index contributed by atoms with van der Waals surface area (Å²) in [6, 6.07) is 0. The van der Waals surface area contributed by atoms with Crippen molar-refractivity contribution in [3.63, 3.8) is 0 Å². The van der Waals surface area contributed by atoms with Gasteiger partial charge in [-0.1, -0.05) is 13.8 Å². The molecule has 0 aromatic rings. The van der Waals surface area contributed by atoms with Crippen molar-refractivity contribution in [1.29, 1.82) is 0 Å². The molecule has 0 fully saturated rings. The van der Waals surface area contributed by atoms with Crippen LogP contribution >= 0.6 is 0 Å². The maximum Gasteiger partial charge on any atom is 0.234 e. The van der Waals surface area contributed by atoms with Crippen LogP contribution in [0, 0.1) is 0 Å². The lowest BCUT2D eigenvalue weighted by Crippen LogP contribution is -2.48. The van der Waals surface area contributed by atoms with Crippen molar-refractivity contribution in [2.75, 3.05) is 26.2 Å². The number of nitrogens with one attached hydrogen (secondary N) is 1. The summed E-state index contributed by atoms with van der Waals surface area (Å²) in [4.78, 5) is 13.7. The molecule has 0 aliphatic rings. The van der Waals surface area contributed by atoms with Gasteiger partial charge in [-0.2, -0.15) is 0 Å². The molecule has 0 bridgehead atoms. The van der Waals surface area contributed by atoms with E-state index in [1.54, 1.807) is 0 Å². The van der Waals surface area contributed by atoms with Crippen LogP contribution in [0.5, 0.6) is 0 Å². The van der Waals surface area contributed by atoms with Crippen LogP contribution in [-0.2, 0) is 4.79 Å². The molecule has 0 saturated carbocycles.